The molecule has 4 nitrogen and oxygen atoms in total. The molecular weight excluding hydrogens is 280 g/mol. The number of hydrogen-bond acceptors (Lipinski definition) is 5. The summed E-state index contributed by atoms with van der Waals surface area (Å²) in [6, 6.07) is 3.44. The monoisotopic (exact) mass is 300 g/mol. The van der Waals surface area contributed by atoms with Gasteiger partial charge in [-0.1, -0.05) is 30.6 Å². The molecule has 1 heterocycles. The Morgan fingerprint density at radius 2 is 2.16 bits per heavy atom. The largest absolute Gasteiger partial charge is 0.324 e. The van der Waals surface area contributed by atoms with Gasteiger partial charge < -0.3 is 5.32 Å². The van der Waals surface area contributed by atoms with Crippen molar-refractivity contribution in [2.45, 2.75) is 43.4 Å². The van der Waals surface area contributed by atoms with Crippen LogP contribution in [0.15, 0.2) is 12.1 Å². The van der Waals surface area contributed by atoms with Gasteiger partial charge in [-0.2, -0.15) is 11.8 Å². The average Bonchev–Trinajstić information content (AvgIpc) is 2.89. The van der Waals surface area contributed by atoms with Gasteiger partial charge in [-0.15, -0.1) is 0 Å². The Labute approximate surface area is 122 Å². The van der Waals surface area contributed by atoms with Crippen LogP contribution in [0.3, 0.4) is 0 Å². The number of hydrogen-bond donors (Lipinski definition) is 1. The molecule has 1 saturated carbocycles. The highest BCUT2D eigenvalue weighted by Gasteiger charge is 2.30. The SMILES string of the molecule is CSC1(CNCc2ccc([N+](=O)[O-])s2)CCCCC1. The van der Waals surface area contributed by atoms with Crippen LogP contribution in [-0.2, 0) is 6.54 Å². The van der Waals surface area contributed by atoms with Gasteiger partial charge in [0.15, 0.2) is 0 Å². The van der Waals surface area contributed by atoms with Crippen LogP contribution in [0.25, 0.3) is 0 Å². The third-order valence-electron chi connectivity index (χ3n) is 3.77. The first kappa shape index (κ1) is 14.8. The molecule has 0 saturated heterocycles. The van der Waals surface area contributed by atoms with Crippen molar-refractivity contribution in [1.29, 1.82) is 0 Å². The zero-order valence-electron chi connectivity index (χ0n) is 11.2. The maximum absolute atomic E-state index is 10.6. The molecule has 0 bridgehead atoms. The molecule has 1 aliphatic rings. The molecule has 1 fully saturated rings. The summed E-state index contributed by atoms with van der Waals surface area (Å²) >= 11 is 3.24. The van der Waals surface area contributed by atoms with E-state index in [4.69, 9.17) is 0 Å². The van der Waals surface area contributed by atoms with Crippen molar-refractivity contribution in [3.8, 4) is 0 Å². The van der Waals surface area contributed by atoms with Crippen molar-refractivity contribution < 1.29 is 4.92 Å². The number of rotatable bonds is 6. The number of thioether (sulfide) groups is 1. The topological polar surface area (TPSA) is 55.2 Å². The number of nitro groups is 1. The quantitative estimate of drug-likeness (QED) is 0.641. The van der Waals surface area contributed by atoms with Crippen LogP contribution >= 0.6 is 23.1 Å². The summed E-state index contributed by atoms with van der Waals surface area (Å²) < 4.78 is 0.376. The van der Waals surface area contributed by atoms with Gasteiger partial charge in [-0.3, -0.25) is 10.1 Å². The van der Waals surface area contributed by atoms with E-state index in [1.165, 1.54) is 43.4 Å². The summed E-state index contributed by atoms with van der Waals surface area (Å²) in [5.74, 6) is 0. The van der Waals surface area contributed by atoms with Gasteiger partial charge >= 0.3 is 5.00 Å². The highest BCUT2D eigenvalue weighted by Crippen LogP contribution is 2.38. The Balaban J connectivity index is 1.82. The van der Waals surface area contributed by atoms with Crippen LogP contribution in [0.1, 0.15) is 37.0 Å². The summed E-state index contributed by atoms with van der Waals surface area (Å²) in [6.45, 7) is 1.74. The van der Waals surface area contributed by atoms with Crippen LogP contribution in [0.5, 0.6) is 0 Å². The summed E-state index contributed by atoms with van der Waals surface area (Å²) in [6.07, 6.45) is 8.78. The van der Waals surface area contributed by atoms with E-state index in [2.05, 4.69) is 11.6 Å². The van der Waals surface area contributed by atoms with Crippen molar-refractivity contribution in [3.05, 3.63) is 27.1 Å². The predicted molar refractivity (Wildman–Crippen MR) is 82.0 cm³/mol. The normalized spacial score (nSPS) is 18.4. The van der Waals surface area contributed by atoms with E-state index in [0.29, 0.717) is 4.75 Å². The third-order valence-corrected chi connectivity index (χ3v) is 6.23. The molecule has 1 N–H and O–H groups in total. The highest BCUT2D eigenvalue weighted by atomic mass is 32.2. The second-order valence-electron chi connectivity index (χ2n) is 5.05. The molecule has 0 amide bonds. The first-order valence-electron chi connectivity index (χ1n) is 6.64. The second-order valence-corrected chi connectivity index (χ2v) is 7.47. The lowest BCUT2D eigenvalue weighted by Crippen LogP contribution is -2.38. The van der Waals surface area contributed by atoms with E-state index < -0.39 is 0 Å². The van der Waals surface area contributed by atoms with E-state index in [0.717, 1.165) is 18.0 Å². The molecule has 19 heavy (non-hydrogen) atoms. The lowest BCUT2D eigenvalue weighted by atomic mass is 9.88. The fourth-order valence-corrected chi connectivity index (χ4v) is 4.36. The zero-order chi connectivity index (χ0) is 13.7. The molecule has 106 valence electrons. The molecule has 0 aliphatic heterocycles. The summed E-state index contributed by atoms with van der Waals surface area (Å²) in [5, 5.41) is 14.3. The Morgan fingerprint density at radius 3 is 2.74 bits per heavy atom. The van der Waals surface area contributed by atoms with Gasteiger partial charge in [0, 0.05) is 28.8 Å². The minimum atomic E-state index is -0.321. The van der Waals surface area contributed by atoms with E-state index >= 15 is 0 Å². The lowest BCUT2D eigenvalue weighted by Gasteiger charge is -2.36. The fourth-order valence-electron chi connectivity index (χ4n) is 2.62. The van der Waals surface area contributed by atoms with Crippen molar-refractivity contribution >= 4 is 28.1 Å². The van der Waals surface area contributed by atoms with Gasteiger partial charge in [0.05, 0.1) is 4.92 Å². The standard InChI is InChI=1S/C13H20N2O2S2/c1-18-13(7-3-2-4-8-13)10-14-9-11-5-6-12(19-11)15(16)17/h5-6,14H,2-4,7-10H2,1H3. The van der Waals surface area contributed by atoms with Gasteiger partial charge in [-0.05, 0) is 25.2 Å². The van der Waals surface area contributed by atoms with Crippen molar-refractivity contribution in [1.82, 2.24) is 5.32 Å². The second kappa shape index (κ2) is 6.72. The predicted octanol–water partition coefficient (Wildman–Crippen LogP) is 3.81. The van der Waals surface area contributed by atoms with E-state index in [9.17, 15) is 10.1 Å². The zero-order valence-corrected chi connectivity index (χ0v) is 12.8. The van der Waals surface area contributed by atoms with Crippen LogP contribution < -0.4 is 5.32 Å². The summed E-state index contributed by atoms with van der Waals surface area (Å²) in [7, 11) is 0. The summed E-state index contributed by atoms with van der Waals surface area (Å²) in [5.41, 5.74) is 0. The molecule has 0 radical (unpaired) electrons. The van der Waals surface area contributed by atoms with Gasteiger partial charge in [0.25, 0.3) is 0 Å². The van der Waals surface area contributed by atoms with Crippen LogP contribution in [0.4, 0.5) is 5.00 Å². The first-order chi connectivity index (χ1) is 9.15. The molecule has 1 aromatic heterocycles. The highest BCUT2D eigenvalue weighted by molar-refractivity contribution is 8.00. The van der Waals surface area contributed by atoms with Crippen LogP contribution in [0, 0.1) is 10.1 Å². The van der Waals surface area contributed by atoms with E-state index in [1.807, 2.05) is 17.8 Å². The van der Waals surface area contributed by atoms with Gasteiger partial charge in [-0.25, -0.2) is 0 Å². The van der Waals surface area contributed by atoms with Crippen molar-refractivity contribution in [2.75, 3.05) is 12.8 Å². The molecule has 2 rings (SSSR count). The van der Waals surface area contributed by atoms with E-state index in [-0.39, 0.29) is 9.92 Å². The Morgan fingerprint density at radius 1 is 1.42 bits per heavy atom. The van der Waals surface area contributed by atoms with Gasteiger partial charge in [0.1, 0.15) is 0 Å². The van der Waals surface area contributed by atoms with Gasteiger partial charge in [0.2, 0.25) is 0 Å². The van der Waals surface area contributed by atoms with Crippen molar-refractivity contribution in [3.63, 3.8) is 0 Å². The molecule has 0 aromatic carbocycles. The fraction of sp³-hybridized carbons (Fsp3) is 0.692. The van der Waals surface area contributed by atoms with Crippen molar-refractivity contribution in [2.24, 2.45) is 0 Å². The van der Waals surface area contributed by atoms with E-state index in [1.54, 1.807) is 6.07 Å². The minimum Gasteiger partial charge on any atom is -0.310 e. The summed E-state index contributed by atoms with van der Waals surface area (Å²) in [4.78, 5) is 11.3. The number of thiophene rings is 1. The molecule has 0 unspecified atom stereocenters. The van der Waals surface area contributed by atoms with Crippen LogP contribution in [-0.4, -0.2) is 22.5 Å². The molecule has 0 spiro atoms. The number of nitrogens with zero attached hydrogens (tertiary/aromatic N) is 1. The number of nitrogens with one attached hydrogen (secondary N) is 1. The Hall–Kier alpha value is -0.590. The molecule has 1 aliphatic carbocycles. The molecular formula is C13H20N2O2S2. The third kappa shape index (κ3) is 3.94. The smallest absolute Gasteiger partial charge is 0.310 e. The average molecular weight is 300 g/mol. The molecule has 0 atom stereocenters. The Kier molecular flexibility index (Phi) is 5.24. The molecule has 1 aromatic rings. The van der Waals surface area contributed by atoms with Crippen LogP contribution in [0.2, 0.25) is 0 Å². The maximum Gasteiger partial charge on any atom is 0.324 e. The molecule has 6 heteroatoms. The lowest BCUT2D eigenvalue weighted by molar-refractivity contribution is -0.380. The first-order valence-corrected chi connectivity index (χ1v) is 8.68. The Bertz CT molecular complexity index is 428. The minimum absolute atomic E-state index is 0.231. The maximum atomic E-state index is 10.6.